The number of hydrogen-bond donors (Lipinski definition) is 1. The second-order valence-electron chi connectivity index (χ2n) is 7.25. The number of aryl methyl sites for hydroxylation is 2. The molecule has 0 radical (unpaired) electrons. The highest BCUT2D eigenvalue weighted by Crippen LogP contribution is 2.39. The van der Waals surface area contributed by atoms with E-state index in [0.29, 0.717) is 16.1 Å². The molecule has 2 unspecified atom stereocenters. The van der Waals surface area contributed by atoms with Gasteiger partial charge in [-0.2, -0.15) is 0 Å². The molecule has 2 atom stereocenters. The summed E-state index contributed by atoms with van der Waals surface area (Å²) in [6, 6.07) is 18.8. The molecule has 2 heterocycles. The van der Waals surface area contributed by atoms with Crippen molar-refractivity contribution in [2.24, 2.45) is 0 Å². The predicted octanol–water partition coefficient (Wildman–Crippen LogP) is 5.18. The molecule has 0 aliphatic heterocycles. The average molecular weight is 451 g/mol. The molecule has 2 aromatic heterocycles. The Bertz CT molecular complexity index is 1160. The van der Waals surface area contributed by atoms with Gasteiger partial charge in [-0.1, -0.05) is 60.7 Å². The lowest BCUT2D eigenvalue weighted by molar-refractivity contribution is -0.152. The molecule has 0 spiro atoms. The van der Waals surface area contributed by atoms with Crippen molar-refractivity contribution in [2.45, 2.75) is 32.0 Å². The van der Waals surface area contributed by atoms with Crippen LogP contribution in [-0.4, -0.2) is 21.0 Å². The quantitative estimate of drug-likeness (QED) is 0.393. The fourth-order valence-electron chi connectivity index (χ4n) is 3.57. The molecule has 0 bridgehead atoms. The lowest BCUT2D eigenvalue weighted by atomic mass is 9.88. The summed E-state index contributed by atoms with van der Waals surface area (Å²) >= 11 is 2.78. The predicted molar refractivity (Wildman–Crippen MR) is 122 cm³/mol. The summed E-state index contributed by atoms with van der Waals surface area (Å²) in [5.41, 5.74) is 4.91. The van der Waals surface area contributed by atoms with Crippen LogP contribution in [0.3, 0.4) is 0 Å². The number of ether oxygens (including phenoxy) is 1. The number of hydrogen-bond acceptors (Lipinski definition) is 7. The molecule has 0 aliphatic rings. The zero-order chi connectivity index (χ0) is 21.8. The monoisotopic (exact) mass is 450 g/mol. The smallest absolute Gasteiger partial charge is 0.310 e. The number of esters is 1. The van der Waals surface area contributed by atoms with Crippen LogP contribution in [0.4, 0.5) is 0 Å². The van der Waals surface area contributed by atoms with Crippen molar-refractivity contribution in [1.29, 1.82) is 0 Å². The van der Waals surface area contributed by atoms with E-state index < -0.39 is 17.7 Å². The van der Waals surface area contributed by atoms with Crippen LogP contribution in [-0.2, 0) is 15.1 Å². The standard InChI is InChI=1S/C24H22N2O3S2/c1-16-22(30-14-25-16)21(18-9-5-3-6-10-18)29-20(27)13-24(28,19-11-7-4-8-12-19)23-17(2)26-15-31-23/h3-12,14-15,21,28H,13H2,1-2H3. The number of thiazole rings is 2. The van der Waals surface area contributed by atoms with Gasteiger partial charge in [0.2, 0.25) is 0 Å². The van der Waals surface area contributed by atoms with Gasteiger partial charge >= 0.3 is 5.97 Å². The first-order chi connectivity index (χ1) is 15.0. The molecule has 0 saturated carbocycles. The third-order valence-electron chi connectivity index (χ3n) is 5.15. The molecule has 0 fully saturated rings. The minimum atomic E-state index is -1.52. The maximum Gasteiger partial charge on any atom is 0.310 e. The van der Waals surface area contributed by atoms with Crippen LogP contribution < -0.4 is 0 Å². The van der Waals surface area contributed by atoms with Crippen molar-refractivity contribution in [3.8, 4) is 0 Å². The molecule has 2 aromatic carbocycles. The largest absolute Gasteiger partial charge is 0.451 e. The van der Waals surface area contributed by atoms with E-state index in [-0.39, 0.29) is 6.42 Å². The minimum Gasteiger partial charge on any atom is -0.451 e. The minimum absolute atomic E-state index is 0.221. The van der Waals surface area contributed by atoms with E-state index in [0.717, 1.165) is 16.1 Å². The number of rotatable bonds is 7. The van der Waals surface area contributed by atoms with Crippen LogP contribution in [0.25, 0.3) is 0 Å². The van der Waals surface area contributed by atoms with Crippen LogP contribution in [0.5, 0.6) is 0 Å². The number of nitrogens with zero attached hydrogens (tertiary/aromatic N) is 2. The molecule has 4 rings (SSSR count). The maximum absolute atomic E-state index is 13.2. The topological polar surface area (TPSA) is 72.3 Å². The third kappa shape index (κ3) is 4.44. The molecule has 0 saturated heterocycles. The van der Waals surface area contributed by atoms with Crippen molar-refractivity contribution in [2.75, 3.05) is 0 Å². The average Bonchev–Trinajstić information content (AvgIpc) is 3.41. The molecule has 7 heteroatoms. The molecular weight excluding hydrogens is 428 g/mol. The third-order valence-corrected chi connectivity index (χ3v) is 7.20. The lowest BCUT2D eigenvalue weighted by Crippen LogP contribution is -2.31. The lowest BCUT2D eigenvalue weighted by Gasteiger charge is -2.28. The first-order valence-corrected chi connectivity index (χ1v) is 11.6. The number of carbonyl (C=O) groups is 1. The Hall–Kier alpha value is -2.87. The van der Waals surface area contributed by atoms with E-state index in [1.807, 2.05) is 74.5 Å². The SMILES string of the molecule is Cc1ncsc1C(OC(=O)CC(O)(c1ccccc1)c1scnc1C)c1ccccc1. The summed E-state index contributed by atoms with van der Waals surface area (Å²) < 4.78 is 5.97. The Morgan fingerprint density at radius 1 is 0.968 bits per heavy atom. The molecule has 0 aliphatic carbocycles. The van der Waals surface area contributed by atoms with E-state index in [2.05, 4.69) is 9.97 Å². The molecule has 31 heavy (non-hydrogen) atoms. The van der Waals surface area contributed by atoms with Crippen LogP contribution in [0.15, 0.2) is 71.7 Å². The van der Waals surface area contributed by atoms with Gasteiger partial charge in [0.05, 0.1) is 38.6 Å². The maximum atomic E-state index is 13.2. The van der Waals surface area contributed by atoms with Crippen LogP contribution in [0.1, 0.15) is 44.8 Å². The van der Waals surface area contributed by atoms with Gasteiger partial charge in [-0.3, -0.25) is 4.79 Å². The highest BCUT2D eigenvalue weighted by Gasteiger charge is 2.39. The van der Waals surface area contributed by atoms with E-state index in [1.165, 1.54) is 22.7 Å². The number of benzene rings is 2. The van der Waals surface area contributed by atoms with Crippen LogP contribution >= 0.6 is 22.7 Å². The van der Waals surface area contributed by atoms with Gasteiger partial charge in [0.25, 0.3) is 0 Å². The summed E-state index contributed by atoms with van der Waals surface area (Å²) in [5.74, 6) is -0.499. The zero-order valence-corrected chi connectivity index (χ0v) is 18.8. The van der Waals surface area contributed by atoms with Crippen molar-refractivity contribution < 1.29 is 14.6 Å². The van der Waals surface area contributed by atoms with Crippen LogP contribution in [0.2, 0.25) is 0 Å². The molecule has 1 N–H and O–H groups in total. The molecule has 4 aromatic rings. The number of aromatic nitrogens is 2. The van der Waals surface area contributed by atoms with E-state index in [1.54, 1.807) is 11.0 Å². The fraction of sp³-hybridized carbons (Fsp3) is 0.208. The summed E-state index contributed by atoms with van der Waals surface area (Å²) in [4.78, 5) is 23.3. The van der Waals surface area contributed by atoms with Crippen molar-refractivity contribution in [3.05, 3.63) is 104 Å². The van der Waals surface area contributed by atoms with Gasteiger partial charge in [-0.15, -0.1) is 22.7 Å². The van der Waals surface area contributed by atoms with Gasteiger partial charge < -0.3 is 9.84 Å². The zero-order valence-electron chi connectivity index (χ0n) is 17.2. The van der Waals surface area contributed by atoms with Gasteiger partial charge in [-0.25, -0.2) is 9.97 Å². The Labute approximate surface area is 189 Å². The van der Waals surface area contributed by atoms with E-state index >= 15 is 0 Å². The summed E-state index contributed by atoms with van der Waals surface area (Å²) in [6.07, 6.45) is -0.801. The number of aliphatic hydroxyl groups is 1. The van der Waals surface area contributed by atoms with E-state index in [4.69, 9.17) is 4.74 Å². The van der Waals surface area contributed by atoms with Crippen molar-refractivity contribution >= 4 is 28.6 Å². The molecular formula is C24H22N2O3S2. The summed E-state index contributed by atoms with van der Waals surface area (Å²) in [7, 11) is 0. The molecule has 5 nitrogen and oxygen atoms in total. The normalized spacial score (nSPS) is 14.0. The second-order valence-corrected chi connectivity index (χ2v) is 8.99. The highest BCUT2D eigenvalue weighted by molar-refractivity contribution is 7.10. The van der Waals surface area contributed by atoms with Crippen molar-refractivity contribution in [1.82, 2.24) is 9.97 Å². The van der Waals surface area contributed by atoms with Gasteiger partial charge in [0, 0.05) is 0 Å². The van der Waals surface area contributed by atoms with Gasteiger partial charge in [0.1, 0.15) is 5.60 Å². The highest BCUT2D eigenvalue weighted by atomic mass is 32.1. The Morgan fingerprint density at radius 2 is 1.58 bits per heavy atom. The first-order valence-electron chi connectivity index (χ1n) is 9.82. The summed E-state index contributed by atoms with van der Waals surface area (Å²) in [5, 5.41) is 11.7. The fourth-order valence-corrected chi connectivity index (χ4v) is 5.35. The second kappa shape index (κ2) is 9.09. The van der Waals surface area contributed by atoms with Crippen molar-refractivity contribution in [3.63, 3.8) is 0 Å². The first kappa shape index (κ1) is 21.4. The number of carbonyl (C=O) groups excluding carboxylic acids is 1. The molecule has 0 amide bonds. The van der Waals surface area contributed by atoms with E-state index in [9.17, 15) is 9.90 Å². The Morgan fingerprint density at radius 3 is 2.16 bits per heavy atom. The Balaban J connectivity index is 1.67. The summed E-state index contributed by atoms with van der Waals surface area (Å²) in [6.45, 7) is 3.73. The van der Waals surface area contributed by atoms with Crippen LogP contribution in [0, 0.1) is 13.8 Å². The Kier molecular flexibility index (Phi) is 6.27. The molecule has 158 valence electrons. The van der Waals surface area contributed by atoms with Gasteiger partial charge in [-0.05, 0) is 25.0 Å². The van der Waals surface area contributed by atoms with Gasteiger partial charge in [0.15, 0.2) is 6.10 Å².